The molecule has 1 rings (SSSR count). The van der Waals surface area contributed by atoms with E-state index < -0.39 is 10.9 Å². The van der Waals surface area contributed by atoms with Crippen LogP contribution in [0.1, 0.15) is 23.7 Å². The maximum Gasteiger partial charge on any atom is 0.338 e. The number of nitrogen functional groups attached to an aromatic ring is 1. The number of nitro benzene ring substituents is 1. The number of carbonyl (C=O) groups is 1. The number of ether oxygens (including phenoxy) is 1. The Kier molecular flexibility index (Phi) is 3.82. The van der Waals surface area contributed by atoms with Crippen molar-refractivity contribution < 1.29 is 14.5 Å². The van der Waals surface area contributed by atoms with E-state index in [2.05, 4.69) is 0 Å². The Morgan fingerprint density at radius 2 is 2.25 bits per heavy atom. The first-order chi connectivity index (χ1) is 7.56. The number of benzene rings is 1. The highest BCUT2D eigenvalue weighted by atomic mass is 16.6. The van der Waals surface area contributed by atoms with Crippen LogP contribution in [0.2, 0.25) is 0 Å². The summed E-state index contributed by atoms with van der Waals surface area (Å²) >= 11 is 0. The lowest BCUT2D eigenvalue weighted by Gasteiger charge is -2.03. The molecule has 6 nitrogen and oxygen atoms in total. The second-order valence-electron chi connectivity index (χ2n) is 3.17. The topological polar surface area (TPSA) is 95.5 Å². The predicted molar refractivity (Wildman–Crippen MR) is 58.1 cm³/mol. The smallest absolute Gasteiger partial charge is 0.338 e. The Morgan fingerprint density at radius 3 is 2.75 bits per heavy atom. The van der Waals surface area contributed by atoms with E-state index >= 15 is 0 Å². The maximum absolute atomic E-state index is 11.4. The van der Waals surface area contributed by atoms with Crippen LogP contribution in [0.5, 0.6) is 0 Å². The molecule has 0 aliphatic heterocycles. The fourth-order valence-electron chi connectivity index (χ4n) is 1.13. The van der Waals surface area contributed by atoms with Gasteiger partial charge < -0.3 is 10.5 Å². The number of carbonyl (C=O) groups excluding carboxylic acids is 1. The molecule has 0 spiro atoms. The van der Waals surface area contributed by atoms with E-state index in [1.807, 2.05) is 6.92 Å². The van der Waals surface area contributed by atoms with Gasteiger partial charge in [0, 0.05) is 6.07 Å². The fourth-order valence-corrected chi connectivity index (χ4v) is 1.13. The van der Waals surface area contributed by atoms with Crippen molar-refractivity contribution in [1.29, 1.82) is 0 Å². The molecule has 0 radical (unpaired) electrons. The molecule has 0 atom stereocenters. The maximum atomic E-state index is 11.4. The molecule has 0 fully saturated rings. The predicted octanol–water partition coefficient (Wildman–Crippen LogP) is 1.74. The molecule has 0 unspecified atom stereocenters. The van der Waals surface area contributed by atoms with Crippen LogP contribution in [-0.2, 0) is 4.74 Å². The lowest BCUT2D eigenvalue weighted by atomic mass is 10.2. The summed E-state index contributed by atoms with van der Waals surface area (Å²) in [5.41, 5.74) is 5.40. The molecule has 2 N–H and O–H groups in total. The Labute approximate surface area is 92.2 Å². The summed E-state index contributed by atoms with van der Waals surface area (Å²) in [5, 5.41) is 10.5. The standard InChI is InChI=1S/C10H12N2O4/c1-2-5-16-10(13)7-3-4-9(12(14)15)8(11)6-7/h3-4,6H,2,5,11H2,1H3. The molecule has 1 aromatic rings. The monoisotopic (exact) mass is 224 g/mol. The molecular weight excluding hydrogens is 212 g/mol. The van der Waals surface area contributed by atoms with Gasteiger partial charge in [0.05, 0.1) is 17.1 Å². The Morgan fingerprint density at radius 1 is 1.56 bits per heavy atom. The number of hydrogen-bond donors (Lipinski definition) is 1. The molecule has 0 saturated carbocycles. The molecular formula is C10H12N2O4. The number of anilines is 1. The molecule has 16 heavy (non-hydrogen) atoms. The molecule has 86 valence electrons. The molecule has 0 aliphatic rings. The number of nitro groups is 1. The first kappa shape index (κ1) is 12.0. The van der Waals surface area contributed by atoms with Crippen molar-refractivity contribution >= 4 is 17.3 Å². The van der Waals surface area contributed by atoms with Crippen LogP contribution in [-0.4, -0.2) is 17.5 Å². The normalized spacial score (nSPS) is 9.81. The zero-order valence-corrected chi connectivity index (χ0v) is 8.80. The van der Waals surface area contributed by atoms with E-state index in [1.165, 1.54) is 18.2 Å². The molecule has 0 saturated heterocycles. The van der Waals surface area contributed by atoms with Gasteiger partial charge in [-0.2, -0.15) is 0 Å². The van der Waals surface area contributed by atoms with Crippen molar-refractivity contribution in [2.24, 2.45) is 0 Å². The van der Waals surface area contributed by atoms with Gasteiger partial charge in [0.2, 0.25) is 0 Å². The van der Waals surface area contributed by atoms with Crippen LogP contribution < -0.4 is 5.73 Å². The van der Waals surface area contributed by atoms with Crippen LogP contribution in [0.15, 0.2) is 18.2 Å². The van der Waals surface area contributed by atoms with E-state index in [0.717, 1.165) is 0 Å². The average molecular weight is 224 g/mol. The Bertz CT molecular complexity index is 417. The molecule has 0 amide bonds. The van der Waals surface area contributed by atoms with Gasteiger partial charge in [-0.1, -0.05) is 6.92 Å². The van der Waals surface area contributed by atoms with Crippen LogP contribution in [0.25, 0.3) is 0 Å². The summed E-state index contributed by atoms with van der Waals surface area (Å²) < 4.78 is 4.87. The summed E-state index contributed by atoms with van der Waals surface area (Å²) in [7, 11) is 0. The number of nitrogens with zero attached hydrogens (tertiary/aromatic N) is 1. The first-order valence-electron chi connectivity index (χ1n) is 4.77. The van der Waals surface area contributed by atoms with Crippen LogP contribution in [0, 0.1) is 10.1 Å². The largest absolute Gasteiger partial charge is 0.462 e. The van der Waals surface area contributed by atoms with Gasteiger partial charge in [-0.15, -0.1) is 0 Å². The lowest BCUT2D eigenvalue weighted by Crippen LogP contribution is -2.07. The van der Waals surface area contributed by atoms with Crippen molar-refractivity contribution in [1.82, 2.24) is 0 Å². The third kappa shape index (κ3) is 2.69. The summed E-state index contributed by atoms with van der Waals surface area (Å²) in [5.74, 6) is -0.525. The van der Waals surface area contributed by atoms with Gasteiger partial charge in [0.25, 0.3) is 5.69 Å². The summed E-state index contributed by atoms with van der Waals surface area (Å²) in [6, 6.07) is 3.76. The van der Waals surface area contributed by atoms with Gasteiger partial charge in [-0.05, 0) is 18.6 Å². The van der Waals surface area contributed by atoms with E-state index in [9.17, 15) is 14.9 Å². The van der Waals surface area contributed by atoms with Gasteiger partial charge in [0.15, 0.2) is 0 Å². The minimum Gasteiger partial charge on any atom is -0.462 e. The quantitative estimate of drug-likeness (QED) is 0.363. The van der Waals surface area contributed by atoms with Crippen molar-refractivity contribution in [3.8, 4) is 0 Å². The van der Waals surface area contributed by atoms with E-state index in [0.29, 0.717) is 13.0 Å². The zero-order valence-electron chi connectivity index (χ0n) is 8.80. The molecule has 0 aliphatic carbocycles. The SMILES string of the molecule is CCCOC(=O)c1ccc([N+](=O)[O-])c(N)c1. The third-order valence-corrected chi connectivity index (χ3v) is 1.90. The van der Waals surface area contributed by atoms with Crippen molar-refractivity contribution in [3.05, 3.63) is 33.9 Å². The number of hydrogen-bond acceptors (Lipinski definition) is 5. The molecule has 0 bridgehead atoms. The van der Waals surface area contributed by atoms with Crippen LogP contribution in [0.4, 0.5) is 11.4 Å². The molecule has 0 heterocycles. The van der Waals surface area contributed by atoms with E-state index in [-0.39, 0.29) is 16.9 Å². The van der Waals surface area contributed by atoms with Gasteiger partial charge in [0.1, 0.15) is 5.69 Å². The number of nitrogens with two attached hydrogens (primary N) is 1. The van der Waals surface area contributed by atoms with Gasteiger partial charge in [-0.25, -0.2) is 4.79 Å². The van der Waals surface area contributed by atoms with E-state index in [4.69, 9.17) is 10.5 Å². The average Bonchev–Trinajstić information content (AvgIpc) is 2.25. The van der Waals surface area contributed by atoms with Crippen molar-refractivity contribution in [3.63, 3.8) is 0 Å². The molecule has 1 aromatic carbocycles. The number of esters is 1. The number of rotatable bonds is 4. The summed E-state index contributed by atoms with van der Waals surface area (Å²) in [6.07, 6.45) is 0.716. The summed E-state index contributed by atoms with van der Waals surface area (Å²) in [6.45, 7) is 2.19. The van der Waals surface area contributed by atoms with Gasteiger partial charge >= 0.3 is 5.97 Å². The second-order valence-corrected chi connectivity index (χ2v) is 3.17. The zero-order chi connectivity index (χ0) is 12.1. The Hall–Kier alpha value is -2.11. The highest BCUT2D eigenvalue weighted by Crippen LogP contribution is 2.22. The highest BCUT2D eigenvalue weighted by Gasteiger charge is 2.14. The Balaban J connectivity index is 2.88. The third-order valence-electron chi connectivity index (χ3n) is 1.90. The molecule has 0 aromatic heterocycles. The fraction of sp³-hybridized carbons (Fsp3) is 0.300. The molecule has 6 heteroatoms. The second kappa shape index (κ2) is 5.11. The first-order valence-corrected chi connectivity index (χ1v) is 4.77. The lowest BCUT2D eigenvalue weighted by molar-refractivity contribution is -0.383. The summed E-state index contributed by atoms with van der Waals surface area (Å²) in [4.78, 5) is 21.3. The van der Waals surface area contributed by atoms with E-state index in [1.54, 1.807) is 0 Å². The minimum absolute atomic E-state index is 0.0454. The van der Waals surface area contributed by atoms with Crippen LogP contribution >= 0.6 is 0 Å². The van der Waals surface area contributed by atoms with Crippen molar-refractivity contribution in [2.45, 2.75) is 13.3 Å². The van der Waals surface area contributed by atoms with Crippen LogP contribution in [0.3, 0.4) is 0 Å². The highest BCUT2D eigenvalue weighted by molar-refractivity contribution is 5.91. The minimum atomic E-state index is -0.601. The van der Waals surface area contributed by atoms with Crippen molar-refractivity contribution in [2.75, 3.05) is 12.3 Å². The van der Waals surface area contributed by atoms with Gasteiger partial charge in [-0.3, -0.25) is 10.1 Å².